The monoisotopic (exact) mass is 408 g/mol. The van der Waals surface area contributed by atoms with Gasteiger partial charge in [-0.1, -0.05) is 30.3 Å². The van der Waals surface area contributed by atoms with Gasteiger partial charge >= 0.3 is 0 Å². The molecule has 0 aromatic heterocycles. The van der Waals surface area contributed by atoms with Gasteiger partial charge in [0.15, 0.2) is 0 Å². The van der Waals surface area contributed by atoms with Crippen LogP contribution in [0.2, 0.25) is 0 Å². The molecule has 10 heteroatoms. The number of aliphatic imine (C=N–C) groups is 1. The van der Waals surface area contributed by atoms with E-state index in [0.29, 0.717) is 23.5 Å². The van der Waals surface area contributed by atoms with Crippen molar-refractivity contribution in [3.05, 3.63) is 75.8 Å². The molecular formula is C20H20N6O4. The molecule has 0 aliphatic carbocycles. The van der Waals surface area contributed by atoms with Crippen LogP contribution in [-0.2, 0) is 16.0 Å². The molecule has 0 bridgehead atoms. The van der Waals surface area contributed by atoms with E-state index in [1.54, 1.807) is 19.1 Å². The number of rotatable bonds is 7. The number of hydrogen-bond donors (Lipinski definition) is 3. The van der Waals surface area contributed by atoms with Crippen molar-refractivity contribution in [2.75, 3.05) is 0 Å². The topological polar surface area (TPSA) is 138 Å². The zero-order valence-corrected chi connectivity index (χ0v) is 16.2. The maximum absolute atomic E-state index is 12.2. The van der Waals surface area contributed by atoms with Gasteiger partial charge in [0.2, 0.25) is 5.91 Å². The highest BCUT2D eigenvalue weighted by atomic mass is 16.6. The highest BCUT2D eigenvalue weighted by Crippen LogP contribution is 2.12. The second-order valence-corrected chi connectivity index (χ2v) is 6.61. The number of nitro groups is 1. The summed E-state index contributed by atoms with van der Waals surface area (Å²) in [5.74, 6) is -0.316. The third-order valence-corrected chi connectivity index (χ3v) is 4.38. The molecule has 30 heavy (non-hydrogen) atoms. The van der Waals surface area contributed by atoms with Gasteiger partial charge in [-0.2, -0.15) is 5.10 Å². The molecule has 1 aliphatic heterocycles. The Morgan fingerprint density at radius 3 is 2.53 bits per heavy atom. The molecule has 2 aromatic rings. The first-order chi connectivity index (χ1) is 14.4. The molecule has 10 nitrogen and oxygen atoms in total. The Balaban J connectivity index is 1.59. The zero-order valence-electron chi connectivity index (χ0n) is 16.2. The molecule has 2 aromatic carbocycles. The maximum Gasteiger partial charge on any atom is 0.269 e. The van der Waals surface area contributed by atoms with Crippen LogP contribution >= 0.6 is 0 Å². The van der Waals surface area contributed by atoms with Crippen LogP contribution < -0.4 is 16.3 Å². The summed E-state index contributed by atoms with van der Waals surface area (Å²) < 4.78 is 0. The summed E-state index contributed by atoms with van der Waals surface area (Å²) in [6, 6.07) is 14.6. The third kappa shape index (κ3) is 5.47. The highest BCUT2D eigenvalue weighted by molar-refractivity contribution is 6.00. The summed E-state index contributed by atoms with van der Waals surface area (Å²) in [6.45, 7) is 1.66. The van der Waals surface area contributed by atoms with E-state index in [1.807, 2.05) is 30.3 Å². The molecule has 0 saturated heterocycles. The summed E-state index contributed by atoms with van der Waals surface area (Å²) in [7, 11) is 0. The fourth-order valence-electron chi connectivity index (χ4n) is 2.77. The molecule has 1 atom stereocenters. The predicted octanol–water partition coefficient (Wildman–Crippen LogP) is 1.47. The Bertz CT molecular complexity index is 1000. The fraction of sp³-hybridized carbons (Fsp3) is 0.200. The van der Waals surface area contributed by atoms with E-state index in [2.05, 4.69) is 26.4 Å². The molecule has 0 fully saturated rings. The van der Waals surface area contributed by atoms with E-state index in [-0.39, 0.29) is 12.1 Å². The van der Waals surface area contributed by atoms with Crippen LogP contribution in [-0.4, -0.2) is 34.3 Å². The normalized spacial score (nSPS) is 16.2. The molecule has 2 amide bonds. The minimum absolute atomic E-state index is 0.0309. The smallest absolute Gasteiger partial charge is 0.269 e. The van der Waals surface area contributed by atoms with Crippen molar-refractivity contribution in [1.29, 1.82) is 0 Å². The number of hydrogen-bond acceptors (Lipinski definition) is 7. The van der Waals surface area contributed by atoms with E-state index in [9.17, 15) is 19.7 Å². The first-order valence-electron chi connectivity index (χ1n) is 9.17. The third-order valence-electron chi connectivity index (χ3n) is 4.38. The molecule has 0 radical (unpaired) electrons. The molecule has 3 rings (SSSR count). The first-order valence-corrected chi connectivity index (χ1v) is 9.17. The molecule has 3 N–H and O–H groups in total. The van der Waals surface area contributed by atoms with E-state index >= 15 is 0 Å². The summed E-state index contributed by atoms with van der Waals surface area (Å²) >= 11 is 0. The quantitative estimate of drug-likeness (QED) is 0.362. The number of benzene rings is 2. The number of amidine groups is 1. The van der Waals surface area contributed by atoms with Crippen molar-refractivity contribution < 1.29 is 14.5 Å². The van der Waals surface area contributed by atoms with E-state index in [4.69, 9.17) is 0 Å². The molecular weight excluding hydrogens is 388 g/mol. The van der Waals surface area contributed by atoms with Crippen LogP contribution in [0.3, 0.4) is 0 Å². The zero-order chi connectivity index (χ0) is 21.5. The molecule has 1 unspecified atom stereocenters. The number of non-ortho nitro benzene ring substituents is 1. The summed E-state index contributed by atoms with van der Waals surface area (Å²) in [6.07, 6.45) is 0.333. The van der Waals surface area contributed by atoms with Crippen molar-refractivity contribution in [2.45, 2.75) is 25.8 Å². The lowest BCUT2D eigenvalue weighted by molar-refractivity contribution is -0.384. The van der Waals surface area contributed by atoms with Crippen molar-refractivity contribution >= 4 is 29.0 Å². The van der Waals surface area contributed by atoms with Gasteiger partial charge in [-0.25, -0.2) is 5.43 Å². The Hall–Kier alpha value is -4.08. The lowest BCUT2D eigenvalue weighted by Crippen LogP contribution is -2.52. The van der Waals surface area contributed by atoms with Crippen molar-refractivity contribution in [3.63, 3.8) is 0 Å². The van der Waals surface area contributed by atoms with E-state index in [0.717, 1.165) is 5.56 Å². The number of carbonyl (C=O) groups excluding carboxylic acids is 2. The second-order valence-electron chi connectivity index (χ2n) is 6.61. The number of nitro benzene ring substituents is 1. The number of nitrogens with zero attached hydrogens (tertiary/aromatic N) is 3. The second kappa shape index (κ2) is 9.41. The van der Waals surface area contributed by atoms with Gasteiger partial charge in [0, 0.05) is 18.6 Å². The van der Waals surface area contributed by atoms with Gasteiger partial charge in [0.05, 0.1) is 17.1 Å². The van der Waals surface area contributed by atoms with Gasteiger partial charge in [0.25, 0.3) is 11.6 Å². The van der Waals surface area contributed by atoms with Gasteiger partial charge in [-0.15, -0.1) is 0 Å². The predicted molar refractivity (Wildman–Crippen MR) is 111 cm³/mol. The molecule has 0 saturated carbocycles. The Kier molecular flexibility index (Phi) is 6.48. The molecule has 1 aliphatic rings. The van der Waals surface area contributed by atoms with Crippen LogP contribution in [0.15, 0.2) is 64.7 Å². The van der Waals surface area contributed by atoms with Gasteiger partial charge in [-0.3, -0.25) is 35.5 Å². The molecule has 0 spiro atoms. The summed E-state index contributed by atoms with van der Waals surface area (Å²) in [5.41, 5.74) is 9.76. The van der Waals surface area contributed by atoms with Gasteiger partial charge in [-0.05, 0) is 30.2 Å². The maximum atomic E-state index is 12.2. The SMILES string of the molecule is C/C(=N\NC(=O)CC1N=C(Cc2ccccc2)NNC1=O)c1ccc([N+](=O)[O-])cc1. The highest BCUT2D eigenvalue weighted by Gasteiger charge is 2.25. The van der Waals surface area contributed by atoms with Gasteiger partial charge in [0.1, 0.15) is 11.9 Å². The molecule has 154 valence electrons. The minimum Gasteiger partial charge on any atom is -0.285 e. The number of carbonyl (C=O) groups is 2. The standard InChI is InChI=1S/C20H20N6O4/c1-13(15-7-9-16(10-8-15)26(29)30)22-24-19(27)12-17-20(28)25-23-18(21-17)11-14-5-3-2-4-6-14/h2-10,17H,11-12H2,1H3,(H,21,23)(H,24,27)(H,25,28)/b22-13+. The van der Waals surface area contributed by atoms with Crippen molar-refractivity contribution in [3.8, 4) is 0 Å². The number of hydrazine groups is 1. The number of amides is 2. The first kappa shape index (κ1) is 20.6. The Labute approximate surface area is 172 Å². The van der Waals surface area contributed by atoms with Crippen LogP contribution in [0.1, 0.15) is 24.5 Å². The van der Waals surface area contributed by atoms with Crippen LogP contribution in [0.25, 0.3) is 0 Å². The number of nitrogens with one attached hydrogen (secondary N) is 3. The van der Waals surface area contributed by atoms with Gasteiger partial charge < -0.3 is 0 Å². The average Bonchev–Trinajstić information content (AvgIpc) is 2.75. The lowest BCUT2D eigenvalue weighted by Gasteiger charge is -2.21. The van der Waals surface area contributed by atoms with Crippen LogP contribution in [0, 0.1) is 10.1 Å². The van der Waals surface area contributed by atoms with Crippen molar-refractivity contribution in [1.82, 2.24) is 16.3 Å². The Morgan fingerprint density at radius 2 is 1.87 bits per heavy atom. The minimum atomic E-state index is -0.861. The fourth-order valence-corrected chi connectivity index (χ4v) is 2.77. The van der Waals surface area contributed by atoms with E-state index in [1.165, 1.54) is 12.1 Å². The van der Waals surface area contributed by atoms with E-state index < -0.39 is 22.8 Å². The Morgan fingerprint density at radius 1 is 1.17 bits per heavy atom. The van der Waals surface area contributed by atoms with Crippen LogP contribution in [0.5, 0.6) is 0 Å². The average molecular weight is 408 g/mol. The number of hydrazone groups is 1. The van der Waals surface area contributed by atoms with Crippen molar-refractivity contribution in [2.24, 2.45) is 10.1 Å². The molecule has 1 heterocycles. The lowest BCUT2D eigenvalue weighted by atomic mass is 10.1. The summed E-state index contributed by atoms with van der Waals surface area (Å²) in [5, 5.41) is 14.7. The van der Waals surface area contributed by atoms with Crippen LogP contribution in [0.4, 0.5) is 5.69 Å². The largest absolute Gasteiger partial charge is 0.285 e. The summed E-state index contributed by atoms with van der Waals surface area (Å²) in [4.78, 5) is 38.8.